The van der Waals surface area contributed by atoms with Gasteiger partial charge in [0.1, 0.15) is 11.5 Å². The van der Waals surface area contributed by atoms with Gasteiger partial charge in [-0.3, -0.25) is 4.79 Å². The van der Waals surface area contributed by atoms with Crippen molar-refractivity contribution < 1.29 is 9.53 Å². The van der Waals surface area contributed by atoms with Crippen molar-refractivity contribution in [3.63, 3.8) is 0 Å². The molecule has 1 aromatic heterocycles. The first-order valence-electron chi connectivity index (χ1n) is 8.00. The fourth-order valence-corrected chi connectivity index (χ4v) is 2.69. The zero-order chi connectivity index (χ0) is 17.1. The van der Waals surface area contributed by atoms with Crippen LogP contribution in [0.5, 0.6) is 11.5 Å². The SMILES string of the molecule is O=C(Nc1ccc(Oc2ccccc2)cc1)c1c[nH]c2ccccc12. The Morgan fingerprint density at radius 1 is 0.800 bits per heavy atom. The number of fused-ring (bicyclic) bond motifs is 1. The Hall–Kier alpha value is -3.53. The maximum atomic E-state index is 12.5. The molecule has 0 saturated heterocycles. The van der Waals surface area contributed by atoms with Gasteiger partial charge >= 0.3 is 0 Å². The lowest BCUT2D eigenvalue weighted by molar-refractivity contribution is 0.102. The lowest BCUT2D eigenvalue weighted by atomic mass is 10.1. The molecule has 0 atom stereocenters. The van der Waals surface area contributed by atoms with Crippen LogP contribution >= 0.6 is 0 Å². The normalized spacial score (nSPS) is 10.6. The van der Waals surface area contributed by atoms with Gasteiger partial charge in [0.25, 0.3) is 5.91 Å². The number of ether oxygens (including phenoxy) is 1. The first kappa shape index (κ1) is 15.0. The first-order chi connectivity index (χ1) is 12.3. The number of nitrogens with one attached hydrogen (secondary N) is 2. The van der Waals surface area contributed by atoms with Gasteiger partial charge in [0.05, 0.1) is 5.56 Å². The summed E-state index contributed by atoms with van der Waals surface area (Å²) < 4.78 is 5.75. The van der Waals surface area contributed by atoms with E-state index in [1.54, 1.807) is 6.20 Å². The van der Waals surface area contributed by atoms with Crippen LogP contribution in [0.25, 0.3) is 10.9 Å². The molecule has 4 rings (SSSR count). The number of benzene rings is 3. The third-order valence-electron chi connectivity index (χ3n) is 3.92. The van der Waals surface area contributed by atoms with E-state index < -0.39 is 0 Å². The van der Waals surface area contributed by atoms with Gasteiger partial charge in [0.2, 0.25) is 0 Å². The molecule has 0 unspecified atom stereocenters. The summed E-state index contributed by atoms with van der Waals surface area (Å²) >= 11 is 0. The maximum Gasteiger partial charge on any atom is 0.257 e. The quantitative estimate of drug-likeness (QED) is 0.540. The summed E-state index contributed by atoms with van der Waals surface area (Å²) in [5.41, 5.74) is 2.29. The molecule has 4 aromatic rings. The number of carbonyl (C=O) groups is 1. The number of anilines is 1. The topological polar surface area (TPSA) is 54.1 Å². The summed E-state index contributed by atoms with van der Waals surface area (Å²) in [6, 6.07) is 24.6. The van der Waals surface area contributed by atoms with Crippen LogP contribution in [0.4, 0.5) is 5.69 Å². The van der Waals surface area contributed by atoms with Gasteiger partial charge in [0, 0.05) is 22.8 Å². The van der Waals surface area contributed by atoms with Gasteiger partial charge in [-0.25, -0.2) is 0 Å². The van der Waals surface area contributed by atoms with Crippen LogP contribution in [0, 0.1) is 0 Å². The summed E-state index contributed by atoms with van der Waals surface area (Å²) in [6.45, 7) is 0. The number of hydrogen-bond acceptors (Lipinski definition) is 2. The molecule has 0 aliphatic carbocycles. The van der Waals surface area contributed by atoms with Crippen molar-refractivity contribution in [1.29, 1.82) is 0 Å². The van der Waals surface area contributed by atoms with Crippen LogP contribution in [0.1, 0.15) is 10.4 Å². The number of rotatable bonds is 4. The second-order valence-corrected chi connectivity index (χ2v) is 5.64. The Bertz CT molecular complexity index is 1000. The monoisotopic (exact) mass is 328 g/mol. The molecule has 1 amide bonds. The summed E-state index contributed by atoms with van der Waals surface area (Å²) in [5.74, 6) is 1.35. The van der Waals surface area contributed by atoms with Crippen molar-refractivity contribution in [2.75, 3.05) is 5.32 Å². The number of hydrogen-bond donors (Lipinski definition) is 2. The molecule has 4 nitrogen and oxygen atoms in total. The largest absolute Gasteiger partial charge is 0.457 e. The predicted molar refractivity (Wildman–Crippen MR) is 99.2 cm³/mol. The van der Waals surface area contributed by atoms with Crippen LogP contribution in [0.3, 0.4) is 0 Å². The van der Waals surface area contributed by atoms with Gasteiger partial charge in [-0.15, -0.1) is 0 Å². The average Bonchev–Trinajstić information content (AvgIpc) is 3.08. The maximum absolute atomic E-state index is 12.5. The van der Waals surface area contributed by atoms with Crippen molar-refractivity contribution in [1.82, 2.24) is 4.98 Å². The van der Waals surface area contributed by atoms with Gasteiger partial charge in [-0.2, -0.15) is 0 Å². The smallest absolute Gasteiger partial charge is 0.257 e. The molecule has 0 spiro atoms. The van der Waals surface area contributed by atoms with E-state index in [1.807, 2.05) is 78.9 Å². The summed E-state index contributed by atoms with van der Waals surface area (Å²) in [6.07, 6.45) is 1.73. The lowest BCUT2D eigenvalue weighted by Gasteiger charge is -2.08. The minimum Gasteiger partial charge on any atom is -0.457 e. The van der Waals surface area contributed by atoms with Crippen molar-refractivity contribution >= 4 is 22.5 Å². The molecule has 122 valence electrons. The molecule has 0 bridgehead atoms. The Morgan fingerprint density at radius 2 is 1.48 bits per heavy atom. The molecule has 3 aromatic carbocycles. The van der Waals surface area contributed by atoms with Crippen molar-refractivity contribution in [3.05, 3.63) is 90.6 Å². The van der Waals surface area contributed by atoms with Gasteiger partial charge < -0.3 is 15.0 Å². The third kappa shape index (κ3) is 3.23. The predicted octanol–water partition coefficient (Wildman–Crippen LogP) is 5.21. The molecule has 0 aliphatic rings. The number of aromatic nitrogens is 1. The second kappa shape index (κ2) is 6.53. The molecular weight excluding hydrogens is 312 g/mol. The third-order valence-corrected chi connectivity index (χ3v) is 3.92. The van der Waals surface area contributed by atoms with E-state index in [1.165, 1.54) is 0 Å². The molecule has 0 fully saturated rings. The van der Waals surface area contributed by atoms with Gasteiger partial charge in [-0.05, 0) is 42.5 Å². The number of aromatic amines is 1. The summed E-state index contributed by atoms with van der Waals surface area (Å²) in [5, 5.41) is 3.82. The Kier molecular flexibility index (Phi) is 3.92. The van der Waals surface area contributed by atoms with Crippen molar-refractivity contribution in [3.8, 4) is 11.5 Å². The Labute approximate surface area is 145 Å². The number of H-pyrrole nitrogens is 1. The highest BCUT2D eigenvalue weighted by molar-refractivity contribution is 6.12. The van der Waals surface area contributed by atoms with Crippen LogP contribution in [0.15, 0.2) is 85.1 Å². The zero-order valence-corrected chi connectivity index (χ0v) is 13.4. The number of carbonyl (C=O) groups excluding carboxylic acids is 1. The lowest BCUT2D eigenvalue weighted by Crippen LogP contribution is -2.11. The molecule has 2 N–H and O–H groups in total. The Balaban J connectivity index is 1.48. The number of amides is 1. The second-order valence-electron chi connectivity index (χ2n) is 5.64. The van der Waals surface area contributed by atoms with E-state index in [2.05, 4.69) is 10.3 Å². The molecule has 1 heterocycles. The minimum atomic E-state index is -0.144. The fraction of sp³-hybridized carbons (Fsp3) is 0. The van der Waals surface area contributed by atoms with E-state index in [0.29, 0.717) is 5.56 Å². The van der Waals surface area contributed by atoms with Crippen LogP contribution in [-0.4, -0.2) is 10.9 Å². The summed E-state index contributed by atoms with van der Waals surface area (Å²) in [7, 11) is 0. The van der Waals surface area contributed by atoms with E-state index >= 15 is 0 Å². The van der Waals surface area contributed by atoms with Crippen molar-refractivity contribution in [2.45, 2.75) is 0 Å². The summed E-state index contributed by atoms with van der Waals surface area (Å²) in [4.78, 5) is 15.6. The molecule has 0 aliphatic heterocycles. The highest BCUT2D eigenvalue weighted by Gasteiger charge is 2.11. The van der Waals surface area contributed by atoms with Gasteiger partial charge in [0.15, 0.2) is 0 Å². The zero-order valence-electron chi connectivity index (χ0n) is 13.4. The molecule has 25 heavy (non-hydrogen) atoms. The van der Waals surface area contributed by atoms with E-state index in [0.717, 1.165) is 28.1 Å². The molecule has 4 heteroatoms. The van der Waals surface area contributed by atoms with E-state index in [-0.39, 0.29) is 5.91 Å². The fourth-order valence-electron chi connectivity index (χ4n) is 2.69. The number of para-hydroxylation sites is 2. The highest BCUT2D eigenvalue weighted by Crippen LogP contribution is 2.24. The Morgan fingerprint density at radius 3 is 2.28 bits per heavy atom. The molecule has 0 radical (unpaired) electrons. The van der Waals surface area contributed by atoms with Crippen LogP contribution in [0.2, 0.25) is 0 Å². The minimum absolute atomic E-state index is 0.144. The standard InChI is InChI=1S/C21H16N2O2/c24-21(19-14-22-20-9-5-4-8-18(19)20)23-15-10-12-17(13-11-15)25-16-6-2-1-3-7-16/h1-14,22H,(H,23,24). The average molecular weight is 328 g/mol. The molecular formula is C21H16N2O2. The first-order valence-corrected chi connectivity index (χ1v) is 8.00. The van der Waals surface area contributed by atoms with E-state index in [9.17, 15) is 4.79 Å². The van der Waals surface area contributed by atoms with Crippen molar-refractivity contribution in [2.24, 2.45) is 0 Å². The van der Waals surface area contributed by atoms with Crippen LogP contribution in [-0.2, 0) is 0 Å². The molecule has 0 saturated carbocycles. The van der Waals surface area contributed by atoms with Crippen LogP contribution < -0.4 is 10.1 Å². The van der Waals surface area contributed by atoms with Gasteiger partial charge in [-0.1, -0.05) is 36.4 Å². The van der Waals surface area contributed by atoms with E-state index in [4.69, 9.17) is 4.74 Å². The highest BCUT2D eigenvalue weighted by atomic mass is 16.5.